The average Bonchev–Trinajstić information content (AvgIpc) is 1.78. The van der Waals surface area contributed by atoms with Crippen molar-refractivity contribution in [3.8, 4) is 0 Å². The molecular formula is C13H29N. The summed E-state index contributed by atoms with van der Waals surface area (Å²) in [5.74, 6) is 0.833. The van der Waals surface area contributed by atoms with Gasteiger partial charge in [-0.3, -0.25) is 0 Å². The highest BCUT2D eigenvalue weighted by molar-refractivity contribution is 4.92. The maximum atomic E-state index is 3.63. The van der Waals surface area contributed by atoms with Crippen LogP contribution in [-0.2, 0) is 0 Å². The van der Waals surface area contributed by atoms with Gasteiger partial charge in [0, 0.05) is 11.1 Å². The summed E-state index contributed by atoms with van der Waals surface area (Å²) < 4.78 is 0. The molecule has 1 aliphatic rings. The molecule has 0 spiro atoms. The van der Waals surface area contributed by atoms with E-state index in [4.69, 9.17) is 0 Å². The van der Waals surface area contributed by atoms with Crippen LogP contribution in [0.3, 0.4) is 0 Å². The van der Waals surface area contributed by atoms with Gasteiger partial charge in [-0.15, -0.1) is 0 Å². The maximum Gasteiger partial charge on any atom is 0.0130 e. The Bertz CT molecular complexity index is 140. The molecule has 1 fully saturated rings. The van der Waals surface area contributed by atoms with Gasteiger partial charge in [0.1, 0.15) is 0 Å². The summed E-state index contributed by atoms with van der Waals surface area (Å²) in [5.41, 5.74) is 0.726. The van der Waals surface area contributed by atoms with Gasteiger partial charge < -0.3 is 5.32 Å². The van der Waals surface area contributed by atoms with Crippen LogP contribution in [0.1, 0.15) is 67.7 Å². The monoisotopic (exact) mass is 199 g/mol. The van der Waals surface area contributed by atoms with Crippen LogP contribution in [0.2, 0.25) is 0 Å². The smallest absolute Gasteiger partial charge is 0.0130 e. The summed E-state index contributed by atoms with van der Waals surface area (Å²) in [7, 11) is 0. The number of hydrogen-bond acceptors (Lipinski definition) is 1. The number of piperidine rings is 1. The molecular weight excluding hydrogens is 170 g/mol. The van der Waals surface area contributed by atoms with Crippen LogP contribution in [0.15, 0.2) is 0 Å². The minimum Gasteiger partial charge on any atom is -0.307 e. The van der Waals surface area contributed by atoms with Crippen LogP contribution in [-0.4, -0.2) is 11.1 Å². The fourth-order valence-corrected chi connectivity index (χ4v) is 2.01. The van der Waals surface area contributed by atoms with Crippen LogP contribution in [0.4, 0.5) is 0 Å². The first kappa shape index (κ1) is 14.0. The van der Waals surface area contributed by atoms with Crippen LogP contribution >= 0.6 is 0 Å². The second-order valence-corrected chi connectivity index (χ2v) is 6.48. The molecule has 0 aromatic rings. The molecule has 0 atom stereocenters. The van der Waals surface area contributed by atoms with Crippen molar-refractivity contribution in [2.24, 2.45) is 5.92 Å². The molecule has 1 heteroatoms. The van der Waals surface area contributed by atoms with E-state index in [2.05, 4.69) is 53.8 Å². The molecule has 1 N–H and O–H groups in total. The molecule has 0 amide bonds. The lowest BCUT2D eigenvalue weighted by atomic mass is 9.83. The standard InChI is InChI=1S/C9H19N.C4H10/c1-8(2)6-5-7-9(3,4)10-8;1-4(2)3/h10H,5-7H2,1-4H3;4H,1-3H3. The van der Waals surface area contributed by atoms with Crippen molar-refractivity contribution < 1.29 is 0 Å². The Labute approximate surface area is 90.7 Å². The third-order valence-corrected chi connectivity index (χ3v) is 2.28. The van der Waals surface area contributed by atoms with Crippen molar-refractivity contribution in [2.75, 3.05) is 0 Å². The second-order valence-electron chi connectivity index (χ2n) is 6.48. The van der Waals surface area contributed by atoms with Gasteiger partial charge in [-0.2, -0.15) is 0 Å². The molecule has 14 heavy (non-hydrogen) atoms. The quantitative estimate of drug-likeness (QED) is 0.622. The van der Waals surface area contributed by atoms with E-state index < -0.39 is 0 Å². The molecule has 1 saturated heterocycles. The Hall–Kier alpha value is -0.0400. The fourth-order valence-electron chi connectivity index (χ4n) is 2.01. The van der Waals surface area contributed by atoms with Crippen LogP contribution in [0, 0.1) is 5.92 Å². The Morgan fingerprint density at radius 3 is 1.29 bits per heavy atom. The zero-order chi connectivity index (χ0) is 11.4. The van der Waals surface area contributed by atoms with Crippen molar-refractivity contribution in [1.82, 2.24) is 5.32 Å². The minimum atomic E-state index is 0.363. The maximum absolute atomic E-state index is 3.63. The Kier molecular flexibility index (Phi) is 5.14. The van der Waals surface area contributed by atoms with Gasteiger partial charge >= 0.3 is 0 Å². The number of rotatable bonds is 0. The first-order chi connectivity index (χ1) is 6.15. The molecule has 0 aromatic carbocycles. The predicted octanol–water partition coefficient (Wildman–Crippen LogP) is 3.98. The van der Waals surface area contributed by atoms with Gasteiger partial charge in [-0.1, -0.05) is 20.8 Å². The van der Waals surface area contributed by atoms with E-state index in [1.165, 1.54) is 19.3 Å². The van der Waals surface area contributed by atoms with E-state index in [9.17, 15) is 0 Å². The van der Waals surface area contributed by atoms with E-state index >= 15 is 0 Å². The predicted molar refractivity (Wildman–Crippen MR) is 65.7 cm³/mol. The zero-order valence-corrected chi connectivity index (χ0v) is 11.2. The van der Waals surface area contributed by atoms with E-state index in [0.717, 1.165) is 5.92 Å². The molecule has 1 heterocycles. The highest BCUT2D eigenvalue weighted by atomic mass is 15.0. The summed E-state index contributed by atoms with van der Waals surface area (Å²) in [4.78, 5) is 0. The summed E-state index contributed by atoms with van der Waals surface area (Å²) in [6, 6.07) is 0. The summed E-state index contributed by atoms with van der Waals surface area (Å²) >= 11 is 0. The largest absolute Gasteiger partial charge is 0.307 e. The molecule has 1 rings (SSSR count). The van der Waals surface area contributed by atoms with Gasteiger partial charge in [0.15, 0.2) is 0 Å². The van der Waals surface area contributed by atoms with Gasteiger partial charge in [0.2, 0.25) is 0 Å². The second kappa shape index (κ2) is 5.16. The Balaban J connectivity index is 0.000000364. The van der Waals surface area contributed by atoms with Gasteiger partial charge in [0.25, 0.3) is 0 Å². The van der Waals surface area contributed by atoms with Gasteiger partial charge in [0.05, 0.1) is 0 Å². The van der Waals surface area contributed by atoms with Gasteiger partial charge in [-0.25, -0.2) is 0 Å². The third kappa shape index (κ3) is 7.37. The number of hydrogen-bond donors (Lipinski definition) is 1. The summed E-state index contributed by atoms with van der Waals surface area (Å²) in [6.07, 6.45) is 4.00. The third-order valence-electron chi connectivity index (χ3n) is 2.28. The van der Waals surface area contributed by atoms with Crippen molar-refractivity contribution >= 4 is 0 Å². The first-order valence-electron chi connectivity index (χ1n) is 5.94. The average molecular weight is 199 g/mol. The molecule has 86 valence electrons. The van der Waals surface area contributed by atoms with Crippen LogP contribution < -0.4 is 5.32 Å². The number of nitrogens with one attached hydrogen (secondary N) is 1. The molecule has 0 aliphatic carbocycles. The lowest BCUT2D eigenvalue weighted by Gasteiger charge is -2.42. The first-order valence-corrected chi connectivity index (χ1v) is 5.94. The fraction of sp³-hybridized carbons (Fsp3) is 1.00. The molecule has 0 saturated carbocycles. The SMILES string of the molecule is CC(C)C.CC1(C)CCCC(C)(C)N1. The minimum absolute atomic E-state index is 0.363. The van der Waals surface area contributed by atoms with E-state index in [-0.39, 0.29) is 0 Å². The van der Waals surface area contributed by atoms with Crippen molar-refractivity contribution in [3.05, 3.63) is 0 Å². The molecule has 1 nitrogen and oxygen atoms in total. The highest BCUT2D eigenvalue weighted by Gasteiger charge is 2.31. The lowest BCUT2D eigenvalue weighted by molar-refractivity contribution is 0.183. The van der Waals surface area contributed by atoms with E-state index in [1.54, 1.807) is 0 Å². The van der Waals surface area contributed by atoms with Crippen molar-refractivity contribution in [3.63, 3.8) is 0 Å². The zero-order valence-electron chi connectivity index (χ0n) is 11.2. The van der Waals surface area contributed by atoms with Gasteiger partial charge in [-0.05, 0) is 52.9 Å². The lowest BCUT2D eigenvalue weighted by Crippen LogP contribution is -2.55. The molecule has 0 aromatic heterocycles. The van der Waals surface area contributed by atoms with Crippen LogP contribution in [0.5, 0.6) is 0 Å². The summed E-state index contributed by atoms with van der Waals surface area (Å²) in [6.45, 7) is 15.6. The highest BCUT2D eigenvalue weighted by Crippen LogP contribution is 2.27. The van der Waals surface area contributed by atoms with E-state index in [0.29, 0.717) is 11.1 Å². The Morgan fingerprint density at radius 1 is 0.857 bits per heavy atom. The Morgan fingerprint density at radius 2 is 1.14 bits per heavy atom. The van der Waals surface area contributed by atoms with Crippen molar-refractivity contribution in [2.45, 2.75) is 78.8 Å². The summed E-state index contributed by atoms with van der Waals surface area (Å²) in [5, 5.41) is 3.63. The van der Waals surface area contributed by atoms with Crippen molar-refractivity contribution in [1.29, 1.82) is 0 Å². The normalized spacial score (nSPS) is 24.0. The molecule has 0 radical (unpaired) electrons. The topological polar surface area (TPSA) is 12.0 Å². The van der Waals surface area contributed by atoms with Crippen LogP contribution in [0.25, 0.3) is 0 Å². The molecule has 1 aliphatic heterocycles. The van der Waals surface area contributed by atoms with E-state index in [1.807, 2.05) is 0 Å². The molecule has 0 unspecified atom stereocenters. The molecule has 0 bridgehead atoms.